The van der Waals surface area contributed by atoms with Gasteiger partial charge in [0.25, 0.3) is 11.8 Å². The van der Waals surface area contributed by atoms with Crippen molar-refractivity contribution >= 4 is 5.91 Å². The predicted octanol–water partition coefficient (Wildman–Crippen LogP) is 4.29. The fourth-order valence-corrected chi connectivity index (χ4v) is 3.08. The van der Waals surface area contributed by atoms with Gasteiger partial charge < -0.3 is 15.2 Å². The van der Waals surface area contributed by atoms with Crippen LogP contribution in [-0.2, 0) is 12.7 Å². The molecule has 0 saturated carbocycles. The largest absolute Gasteiger partial charge is 0.501 e. The van der Waals surface area contributed by atoms with Crippen LogP contribution in [0.15, 0.2) is 54.6 Å². The second kappa shape index (κ2) is 9.03. The zero-order valence-electron chi connectivity index (χ0n) is 16.8. The lowest BCUT2D eigenvalue weighted by Gasteiger charge is -2.19. The van der Waals surface area contributed by atoms with E-state index in [9.17, 15) is 23.1 Å². The summed E-state index contributed by atoms with van der Waals surface area (Å²) in [4.78, 5) is 20.7. The molecule has 2 aromatic carbocycles. The zero-order chi connectivity index (χ0) is 22.6. The van der Waals surface area contributed by atoms with Crippen LogP contribution in [-0.4, -0.2) is 28.1 Å². The molecular formula is C22H20F3N3O3. The molecule has 0 aliphatic rings. The Bertz CT molecular complexity index is 1070. The van der Waals surface area contributed by atoms with Gasteiger partial charge in [-0.3, -0.25) is 4.79 Å². The van der Waals surface area contributed by atoms with Gasteiger partial charge >= 0.3 is 6.18 Å². The van der Waals surface area contributed by atoms with Crippen LogP contribution < -0.4 is 10.1 Å². The van der Waals surface area contributed by atoms with Crippen LogP contribution in [0.4, 0.5) is 13.2 Å². The number of ether oxygens (including phenoxy) is 1. The number of aromatic nitrogens is 2. The molecule has 162 valence electrons. The first-order valence-corrected chi connectivity index (χ1v) is 9.35. The maximum Gasteiger partial charge on any atom is 0.416 e. The number of halogens is 3. The Morgan fingerprint density at radius 3 is 2.39 bits per heavy atom. The number of aromatic hydroxyl groups is 1. The van der Waals surface area contributed by atoms with Gasteiger partial charge in [0.2, 0.25) is 5.75 Å². The molecule has 0 spiro atoms. The molecule has 2 N–H and O–H groups in total. The molecule has 0 saturated heterocycles. The number of nitrogens with one attached hydrogen (secondary N) is 1. The number of rotatable bonds is 6. The van der Waals surface area contributed by atoms with Crippen molar-refractivity contribution in [3.05, 3.63) is 82.8 Å². The lowest BCUT2D eigenvalue weighted by atomic mass is 9.94. The van der Waals surface area contributed by atoms with Gasteiger partial charge in [-0.05, 0) is 17.2 Å². The first kappa shape index (κ1) is 22.1. The average Bonchev–Trinajstić information content (AvgIpc) is 2.77. The van der Waals surface area contributed by atoms with Crippen LogP contribution >= 0.6 is 0 Å². The van der Waals surface area contributed by atoms with Crippen molar-refractivity contribution in [2.24, 2.45) is 0 Å². The fraction of sp³-hybridized carbons (Fsp3) is 0.227. The van der Waals surface area contributed by atoms with Crippen molar-refractivity contribution in [3.63, 3.8) is 0 Å². The summed E-state index contributed by atoms with van der Waals surface area (Å²) < 4.78 is 45.3. The molecule has 6 nitrogen and oxygen atoms in total. The maximum absolute atomic E-state index is 13.4. The van der Waals surface area contributed by atoms with E-state index in [0.29, 0.717) is 0 Å². The van der Waals surface area contributed by atoms with Crippen molar-refractivity contribution in [2.45, 2.75) is 25.6 Å². The van der Waals surface area contributed by atoms with Gasteiger partial charge in [-0.15, -0.1) is 0 Å². The summed E-state index contributed by atoms with van der Waals surface area (Å²) in [6.45, 7) is 1.66. The second-order valence-electron chi connectivity index (χ2n) is 6.76. The topological polar surface area (TPSA) is 84.3 Å². The highest BCUT2D eigenvalue weighted by atomic mass is 19.4. The number of nitrogens with zero attached hydrogens (tertiary/aromatic N) is 2. The van der Waals surface area contributed by atoms with Crippen LogP contribution in [0.5, 0.6) is 11.6 Å². The highest BCUT2D eigenvalue weighted by Crippen LogP contribution is 2.37. The third kappa shape index (κ3) is 4.93. The molecule has 1 amide bonds. The number of alkyl halides is 3. The van der Waals surface area contributed by atoms with Crippen LogP contribution in [0, 0.1) is 0 Å². The van der Waals surface area contributed by atoms with E-state index >= 15 is 0 Å². The molecule has 3 aromatic rings. The Morgan fingerprint density at radius 1 is 1.10 bits per heavy atom. The van der Waals surface area contributed by atoms with Crippen molar-refractivity contribution in [1.29, 1.82) is 0 Å². The summed E-state index contributed by atoms with van der Waals surface area (Å²) >= 11 is 0. The minimum Gasteiger partial charge on any atom is -0.501 e. The number of methoxy groups -OCH3 is 1. The minimum atomic E-state index is -4.57. The van der Waals surface area contributed by atoms with E-state index in [1.165, 1.54) is 32.2 Å². The minimum absolute atomic E-state index is 0.0570. The van der Waals surface area contributed by atoms with Crippen LogP contribution in [0.2, 0.25) is 0 Å². The van der Waals surface area contributed by atoms with Crippen LogP contribution in [0.3, 0.4) is 0 Å². The summed E-state index contributed by atoms with van der Waals surface area (Å²) in [6, 6.07) is 14.1. The second-order valence-corrected chi connectivity index (χ2v) is 6.76. The van der Waals surface area contributed by atoms with Gasteiger partial charge in [-0.25, -0.2) is 4.98 Å². The summed E-state index contributed by atoms with van der Waals surface area (Å²) in [5.74, 6) is -2.61. The molecule has 31 heavy (non-hydrogen) atoms. The summed E-state index contributed by atoms with van der Waals surface area (Å²) in [6.07, 6.45) is -4.57. The predicted molar refractivity (Wildman–Crippen MR) is 107 cm³/mol. The highest BCUT2D eigenvalue weighted by molar-refractivity contribution is 5.95. The van der Waals surface area contributed by atoms with Crippen LogP contribution in [0.1, 0.15) is 45.8 Å². The van der Waals surface area contributed by atoms with Gasteiger partial charge in [0.05, 0.1) is 12.7 Å². The third-order valence-corrected chi connectivity index (χ3v) is 4.69. The monoisotopic (exact) mass is 431 g/mol. The SMILES string of the molecule is COc1nc(C(C)c2ccccc2C(F)(F)F)nc(C(=O)NCc2ccccc2)c1O. The highest BCUT2D eigenvalue weighted by Gasteiger charge is 2.35. The number of benzene rings is 2. The van der Waals surface area contributed by atoms with Crippen molar-refractivity contribution in [3.8, 4) is 11.6 Å². The first-order valence-electron chi connectivity index (χ1n) is 9.35. The van der Waals surface area contributed by atoms with E-state index in [2.05, 4.69) is 15.3 Å². The molecule has 9 heteroatoms. The molecular weight excluding hydrogens is 411 g/mol. The molecule has 0 aliphatic carbocycles. The van der Waals surface area contributed by atoms with E-state index in [0.717, 1.165) is 11.6 Å². The van der Waals surface area contributed by atoms with Gasteiger partial charge in [0.1, 0.15) is 5.82 Å². The normalized spacial score (nSPS) is 12.3. The molecule has 0 fully saturated rings. The van der Waals surface area contributed by atoms with Gasteiger partial charge in [0.15, 0.2) is 5.69 Å². The number of hydrogen-bond acceptors (Lipinski definition) is 5. The van der Waals surface area contributed by atoms with E-state index in [4.69, 9.17) is 4.74 Å². The van der Waals surface area contributed by atoms with Gasteiger partial charge in [0, 0.05) is 12.5 Å². The van der Waals surface area contributed by atoms with Crippen molar-refractivity contribution in [1.82, 2.24) is 15.3 Å². The molecule has 1 atom stereocenters. The summed E-state index contributed by atoms with van der Waals surface area (Å²) in [7, 11) is 1.23. The summed E-state index contributed by atoms with van der Waals surface area (Å²) in [5.41, 5.74) is -0.440. The average molecular weight is 431 g/mol. The zero-order valence-corrected chi connectivity index (χ0v) is 16.8. The molecule has 0 radical (unpaired) electrons. The molecule has 3 rings (SSSR count). The maximum atomic E-state index is 13.4. The molecule has 0 bridgehead atoms. The number of amides is 1. The van der Waals surface area contributed by atoms with Crippen LogP contribution in [0.25, 0.3) is 0 Å². The lowest BCUT2D eigenvalue weighted by Crippen LogP contribution is -2.25. The van der Waals surface area contributed by atoms with E-state index in [-0.39, 0.29) is 29.5 Å². The van der Waals surface area contributed by atoms with Crippen molar-refractivity contribution in [2.75, 3.05) is 7.11 Å². The van der Waals surface area contributed by atoms with Crippen molar-refractivity contribution < 1.29 is 27.8 Å². The number of carbonyl (C=O) groups excluding carboxylic acids is 1. The van der Waals surface area contributed by atoms with E-state index in [1.807, 2.05) is 30.3 Å². The first-order chi connectivity index (χ1) is 14.7. The van der Waals surface area contributed by atoms with Gasteiger partial charge in [-0.2, -0.15) is 18.2 Å². The fourth-order valence-electron chi connectivity index (χ4n) is 3.08. The Morgan fingerprint density at radius 2 is 1.74 bits per heavy atom. The Balaban J connectivity index is 1.96. The number of hydrogen-bond donors (Lipinski definition) is 2. The standard InChI is InChI=1S/C22H20F3N3O3/c1-13(15-10-6-7-11-16(15)22(23,24)25)19-27-17(18(29)21(28-19)31-2)20(30)26-12-14-8-4-3-5-9-14/h3-11,13,29H,12H2,1-2H3,(H,26,30). The Kier molecular flexibility index (Phi) is 6.43. The molecule has 1 heterocycles. The summed E-state index contributed by atoms with van der Waals surface area (Å²) in [5, 5.41) is 13.0. The molecule has 0 aliphatic heterocycles. The Labute approximate surface area is 176 Å². The van der Waals surface area contributed by atoms with Gasteiger partial charge in [-0.1, -0.05) is 55.5 Å². The quantitative estimate of drug-likeness (QED) is 0.608. The third-order valence-electron chi connectivity index (χ3n) is 4.69. The van der Waals surface area contributed by atoms with E-state index in [1.54, 1.807) is 0 Å². The number of carbonyl (C=O) groups is 1. The molecule has 1 aromatic heterocycles. The van der Waals surface area contributed by atoms with E-state index < -0.39 is 29.3 Å². The molecule has 1 unspecified atom stereocenters. The Hall–Kier alpha value is -3.62. The smallest absolute Gasteiger partial charge is 0.416 e. The lowest BCUT2D eigenvalue weighted by molar-refractivity contribution is -0.138.